The molecule has 2 aromatic rings. The lowest BCUT2D eigenvalue weighted by Gasteiger charge is -2.19. The number of hydrogen-bond donors (Lipinski definition) is 1. The first-order valence-corrected chi connectivity index (χ1v) is 10.1. The van der Waals surface area contributed by atoms with E-state index in [1.54, 1.807) is 12.3 Å². The molecule has 2 aliphatic rings. The zero-order valence-corrected chi connectivity index (χ0v) is 16.6. The second-order valence-corrected chi connectivity index (χ2v) is 7.80. The van der Waals surface area contributed by atoms with Crippen molar-refractivity contribution in [1.82, 2.24) is 14.7 Å². The molecule has 4 rings (SSSR count). The molecule has 2 unspecified atom stereocenters. The van der Waals surface area contributed by atoms with Crippen molar-refractivity contribution in [2.75, 3.05) is 11.9 Å². The van der Waals surface area contributed by atoms with Crippen LogP contribution in [-0.4, -0.2) is 38.9 Å². The lowest BCUT2D eigenvalue weighted by atomic mass is 9.81. The van der Waals surface area contributed by atoms with Crippen LogP contribution in [0.5, 0.6) is 0 Å². The molecule has 1 aliphatic carbocycles. The Hall–Kier alpha value is -3.17. The maximum atomic E-state index is 13.1. The highest BCUT2D eigenvalue weighted by atomic mass is 19.4. The van der Waals surface area contributed by atoms with Crippen molar-refractivity contribution in [1.29, 1.82) is 0 Å². The largest absolute Gasteiger partial charge is 0.416 e. The van der Waals surface area contributed by atoms with Crippen LogP contribution in [0.4, 0.5) is 18.9 Å². The number of halogens is 3. The van der Waals surface area contributed by atoms with Gasteiger partial charge in [-0.05, 0) is 37.1 Å². The van der Waals surface area contributed by atoms with E-state index in [1.807, 2.05) is 0 Å². The molecule has 2 atom stereocenters. The second-order valence-electron chi connectivity index (χ2n) is 7.80. The summed E-state index contributed by atoms with van der Waals surface area (Å²) in [6.07, 6.45) is 1.39. The van der Waals surface area contributed by atoms with Crippen LogP contribution in [0.15, 0.2) is 36.7 Å². The standard InChI is InChI=1S/C21H21F3N4O3/c22-21(23,24)13-6-7-17(28-10-3-9-25-28)16(12-13)26-18(29)8-11-27-19(30)14-4-1-2-5-15(14)20(27)31/h3,6-7,9-10,12,14-15H,1-2,4-5,8,11H2,(H,26,29). The molecule has 0 spiro atoms. The van der Waals surface area contributed by atoms with E-state index in [0.29, 0.717) is 12.8 Å². The summed E-state index contributed by atoms with van der Waals surface area (Å²) in [4.78, 5) is 38.7. The molecule has 3 amide bonds. The van der Waals surface area contributed by atoms with E-state index in [2.05, 4.69) is 10.4 Å². The number of rotatable bonds is 5. The summed E-state index contributed by atoms with van der Waals surface area (Å²) in [6.45, 7) is -0.0907. The average Bonchev–Trinajstić information content (AvgIpc) is 3.34. The number of hydrogen-bond acceptors (Lipinski definition) is 4. The van der Waals surface area contributed by atoms with Crippen LogP contribution < -0.4 is 5.32 Å². The third kappa shape index (κ3) is 4.19. The first kappa shape index (κ1) is 21.1. The number of fused-ring (bicyclic) bond motifs is 1. The van der Waals surface area contributed by atoms with Gasteiger partial charge in [0.15, 0.2) is 0 Å². The van der Waals surface area contributed by atoms with E-state index >= 15 is 0 Å². The maximum Gasteiger partial charge on any atom is 0.416 e. The minimum atomic E-state index is -4.58. The van der Waals surface area contributed by atoms with Gasteiger partial charge in [0.05, 0.1) is 28.8 Å². The Morgan fingerprint density at radius 2 is 1.81 bits per heavy atom. The van der Waals surface area contributed by atoms with Crippen LogP contribution in [-0.2, 0) is 20.6 Å². The third-order valence-corrected chi connectivity index (χ3v) is 5.84. The molecule has 0 bridgehead atoms. The smallest absolute Gasteiger partial charge is 0.324 e. The van der Waals surface area contributed by atoms with Crippen LogP contribution in [0.1, 0.15) is 37.7 Å². The van der Waals surface area contributed by atoms with Crippen molar-refractivity contribution in [3.8, 4) is 5.69 Å². The number of anilines is 1. The number of amides is 3. The predicted octanol–water partition coefficient (Wildman–Crippen LogP) is 3.39. The number of benzene rings is 1. The SMILES string of the molecule is O=C(CCN1C(=O)C2CCCCC2C1=O)Nc1cc(C(F)(F)F)ccc1-n1cccn1. The first-order valence-electron chi connectivity index (χ1n) is 10.1. The molecule has 164 valence electrons. The fourth-order valence-electron chi connectivity index (χ4n) is 4.30. The lowest BCUT2D eigenvalue weighted by molar-refractivity contribution is -0.140. The minimum absolute atomic E-state index is 0.0590. The third-order valence-electron chi connectivity index (χ3n) is 5.84. The molecule has 0 radical (unpaired) electrons. The molecule has 7 nitrogen and oxygen atoms in total. The van der Waals surface area contributed by atoms with E-state index in [4.69, 9.17) is 0 Å². The van der Waals surface area contributed by atoms with E-state index < -0.39 is 17.6 Å². The zero-order chi connectivity index (χ0) is 22.2. The number of carbonyl (C=O) groups excluding carboxylic acids is 3. The molecule has 1 N–H and O–H groups in total. The van der Waals surface area contributed by atoms with Gasteiger partial charge < -0.3 is 5.32 Å². The lowest BCUT2D eigenvalue weighted by Crippen LogP contribution is -2.34. The Morgan fingerprint density at radius 3 is 2.39 bits per heavy atom. The number of aromatic nitrogens is 2. The maximum absolute atomic E-state index is 13.1. The van der Waals surface area contributed by atoms with Crippen LogP contribution in [0, 0.1) is 11.8 Å². The molecule has 2 heterocycles. The van der Waals surface area contributed by atoms with Crippen molar-refractivity contribution in [3.63, 3.8) is 0 Å². The molecule has 2 fully saturated rings. The van der Waals surface area contributed by atoms with E-state index in [0.717, 1.165) is 29.9 Å². The Kier molecular flexibility index (Phi) is 5.55. The van der Waals surface area contributed by atoms with Gasteiger partial charge in [0.2, 0.25) is 17.7 Å². The number of nitrogens with zero attached hydrogens (tertiary/aromatic N) is 3. The number of likely N-dealkylation sites (tertiary alicyclic amines) is 1. The van der Waals surface area contributed by atoms with Gasteiger partial charge in [-0.1, -0.05) is 12.8 Å². The summed E-state index contributed by atoms with van der Waals surface area (Å²) in [5.41, 5.74) is -0.699. The van der Waals surface area contributed by atoms with Gasteiger partial charge in [-0.25, -0.2) is 4.68 Å². The van der Waals surface area contributed by atoms with Crippen molar-refractivity contribution < 1.29 is 27.6 Å². The Morgan fingerprint density at radius 1 is 1.13 bits per heavy atom. The first-order chi connectivity index (χ1) is 14.8. The van der Waals surface area contributed by atoms with E-state index in [9.17, 15) is 27.6 Å². The fraction of sp³-hybridized carbons (Fsp3) is 0.429. The summed E-state index contributed by atoms with van der Waals surface area (Å²) >= 11 is 0. The Balaban J connectivity index is 1.48. The van der Waals surface area contributed by atoms with Crippen LogP contribution >= 0.6 is 0 Å². The van der Waals surface area contributed by atoms with Crippen molar-refractivity contribution in [3.05, 3.63) is 42.2 Å². The molecule has 1 aromatic heterocycles. The Labute approximate surface area is 176 Å². The van der Waals surface area contributed by atoms with Crippen molar-refractivity contribution in [2.45, 2.75) is 38.3 Å². The highest BCUT2D eigenvalue weighted by Crippen LogP contribution is 2.38. The molecule has 1 saturated carbocycles. The number of imide groups is 1. The second kappa shape index (κ2) is 8.16. The van der Waals surface area contributed by atoms with Crippen molar-refractivity contribution >= 4 is 23.4 Å². The van der Waals surface area contributed by atoms with E-state index in [-0.39, 0.29) is 48.0 Å². The molecular formula is C21H21F3N4O3. The summed E-state index contributed by atoms with van der Waals surface area (Å²) < 4.78 is 40.8. The summed E-state index contributed by atoms with van der Waals surface area (Å²) in [5, 5.41) is 6.48. The van der Waals surface area contributed by atoms with Crippen molar-refractivity contribution in [2.24, 2.45) is 11.8 Å². The molecule has 1 saturated heterocycles. The number of alkyl halides is 3. The number of nitrogens with one attached hydrogen (secondary N) is 1. The topological polar surface area (TPSA) is 84.3 Å². The van der Waals surface area contributed by atoms with Gasteiger partial charge in [-0.2, -0.15) is 18.3 Å². The minimum Gasteiger partial charge on any atom is -0.324 e. The van der Waals surface area contributed by atoms with Crippen LogP contribution in [0.25, 0.3) is 5.69 Å². The molecule has 1 aromatic carbocycles. The normalized spacial score (nSPS) is 21.3. The van der Waals surface area contributed by atoms with Crippen LogP contribution in [0.3, 0.4) is 0 Å². The summed E-state index contributed by atoms with van der Waals surface area (Å²) in [6, 6.07) is 4.59. The summed E-state index contributed by atoms with van der Waals surface area (Å²) in [7, 11) is 0. The van der Waals surface area contributed by atoms with Gasteiger partial charge in [0.25, 0.3) is 0 Å². The fourth-order valence-corrected chi connectivity index (χ4v) is 4.30. The van der Waals surface area contributed by atoms with Gasteiger partial charge in [-0.3, -0.25) is 19.3 Å². The highest BCUT2D eigenvalue weighted by Gasteiger charge is 2.47. The highest BCUT2D eigenvalue weighted by molar-refractivity contribution is 6.05. The van der Waals surface area contributed by atoms with Gasteiger partial charge in [0, 0.05) is 25.4 Å². The molecular weight excluding hydrogens is 413 g/mol. The molecule has 10 heteroatoms. The molecule has 1 aliphatic heterocycles. The monoisotopic (exact) mass is 434 g/mol. The predicted molar refractivity (Wildman–Crippen MR) is 104 cm³/mol. The summed E-state index contributed by atoms with van der Waals surface area (Å²) in [5.74, 6) is -1.71. The van der Waals surface area contributed by atoms with E-state index in [1.165, 1.54) is 16.9 Å². The van der Waals surface area contributed by atoms with Gasteiger partial charge in [0.1, 0.15) is 0 Å². The number of carbonyl (C=O) groups is 3. The quantitative estimate of drug-likeness (QED) is 0.732. The Bertz CT molecular complexity index is 980. The average molecular weight is 434 g/mol. The zero-order valence-electron chi connectivity index (χ0n) is 16.6. The molecule has 31 heavy (non-hydrogen) atoms. The van der Waals surface area contributed by atoms with Crippen LogP contribution in [0.2, 0.25) is 0 Å². The van der Waals surface area contributed by atoms with Gasteiger partial charge in [-0.15, -0.1) is 0 Å². The van der Waals surface area contributed by atoms with Gasteiger partial charge >= 0.3 is 6.18 Å².